The van der Waals surface area contributed by atoms with E-state index in [0.29, 0.717) is 18.5 Å². The van der Waals surface area contributed by atoms with Crippen molar-refractivity contribution >= 4 is 5.91 Å². The quantitative estimate of drug-likeness (QED) is 0.931. The summed E-state index contributed by atoms with van der Waals surface area (Å²) in [5, 5.41) is 3.80. The number of likely N-dealkylation sites (tertiary alicyclic amines) is 1. The Labute approximate surface area is 139 Å². The van der Waals surface area contributed by atoms with Gasteiger partial charge in [-0.1, -0.05) is 24.6 Å². The first-order valence-corrected chi connectivity index (χ1v) is 8.86. The molecule has 0 radical (unpaired) electrons. The van der Waals surface area contributed by atoms with E-state index in [1.165, 1.54) is 16.7 Å². The molecule has 2 atom stereocenters. The van der Waals surface area contributed by atoms with E-state index in [9.17, 15) is 4.79 Å². The summed E-state index contributed by atoms with van der Waals surface area (Å²) in [6.07, 6.45) is 3.80. The van der Waals surface area contributed by atoms with Crippen molar-refractivity contribution in [2.75, 3.05) is 19.7 Å². The van der Waals surface area contributed by atoms with Gasteiger partial charge in [0.2, 0.25) is 5.91 Å². The molecule has 2 heterocycles. The molecule has 1 N–H and O–H groups in total. The Bertz CT molecular complexity index is 585. The summed E-state index contributed by atoms with van der Waals surface area (Å²) in [6, 6.07) is 5.17. The minimum absolute atomic E-state index is 0.269. The van der Waals surface area contributed by atoms with E-state index in [1.54, 1.807) is 0 Å². The number of nitrogens with zero attached hydrogens (tertiary/aromatic N) is 1. The SMILES string of the molecule is CCC(=O)N1CC[C@@H](N[C@H]2CCCOc3c(C)cc(C)cc32)C1. The van der Waals surface area contributed by atoms with E-state index in [0.717, 1.165) is 44.7 Å². The fraction of sp³-hybridized carbons (Fsp3) is 0.632. The lowest BCUT2D eigenvalue weighted by Crippen LogP contribution is -2.37. The van der Waals surface area contributed by atoms with Crippen LogP contribution in [0.2, 0.25) is 0 Å². The van der Waals surface area contributed by atoms with Crippen molar-refractivity contribution in [1.82, 2.24) is 10.2 Å². The molecule has 3 rings (SSSR count). The van der Waals surface area contributed by atoms with Crippen LogP contribution in [-0.2, 0) is 4.79 Å². The third-order valence-electron chi connectivity index (χ3n) is 4.99. The van der Waals surface area contributed by atoms with Gasteiger partial charge < -0.3 is 15.0 Å². The zero-order valence-electron chi connectivity index (χ0n) is 14.5. The van der Waals surface area contributed by atoms with E-state index in [-0.39, 0.29) is 5.91 Å². The van der Waals surface area contributed by atoms with Gasteiger partial charge in [0.15, 0.2) is 0 Å². The average molecular weight is 316 g/mol. The monoisotopic (exact) mass is 316 g/mol. The Kier molecular flexibility index (Phi) is 4.90. The summed E-state index contributed by atoms with van der Waals surface area (Å²) < 4.78 is 6.00. The van der Waals surface area contributed by atoms with Gasteiger partial charge in [0.25, 0.3) is 0 Å². The van der Waals surface area contributed by atoms with Crippen LogP contribution >= 0.6 is 0 Å². The molecule has 0 aliphatic carbocycles. The van der Waals surface area contributed by atoms with Crippen LogP contribution in [-0.4, -0.2) is 36.5 Å². The number of ether oxygens (including phenoxy) is 1. The van der Waals surface area contributed by atoms with Gasteiger partial charge in [0.1, 0.15) is 5.75 Å². The maximum absolute atomic E-state index is 11.9. The molecular weight excluding hydrogens is 288 g/mol. The zero-order valence-corrected chi connectivity index (χ0v) is 14.5. The maximum Gasteiger partial charge on any atom is 0.222 e. The Morgan fingerprint density at radius 2 is 2.17 bits per heavy atom. The summed E-state index contributed by atoms with van der Waals surface area (Å²) >= 11 is 0. The highest BCUT2D eigenvalue weighted by atomic mass is 16.5. The number of fused-ring (bicyclic) bond motifs is 1. The molecule has 4 heteroatoms. The summed E-state index contributed by atoms with van der Waals surface area (Å²) in [4.78, 5) is 13.9. The van der Waals surface area contributed by atoms with Gasteiger partial charge >= 0.3 is 0 Å². The van der Waals surface area contributed by atoms with Crippen molar-refractivity contribution in [3.63, 3.8) is 0 Å². The van der Waals surface area contributed by atoms with Gasteiger partial charge in [-0.3, -0.25) is 4.79 Å². The molecule has 1 fully saturated rings. The highest BCUT2D eigenvalue weighted by Gasteiger charge is 2.29. The molecule has 2 aliphatic heterocycles. The minimum Gasteiger partial charge on any atom is -0.493 e. The van der Waals surface area contributed by atoms with Crippen LogP contribution in [0.25, 0.3) is 0 Å². The number of aryl methyl sites for hydroxylation is 2. The van der Waals surface area contributed by atoms with Crippen molar-refractivity contribution in [2.24, 2.45) is 0 Å². The average Bonchev–Trinajstić information content (AvgIpc) is 2.90. The summed E-state index contributed by atoms with van der Waals surface area (Å²) in [6.45, 7) is 8.73. The molecule has 1 amide bonds. The molecule has 23 heavy (non-hydrogen) atoms. The lowest BCUT2D eigenvalue weighted by atomic mass is 9.96. The molecule has 4 nitrogen and oxygen atoms in total. The second-order valence-electron chi connectivity index (χ2n) is 6.89. The van der Waals surface area contributed by atoms with Gasteiger partial charge in [0.05, 0.1) is 6.61 Å². The van der Waals surface area contributed by atoms with Gasteiger partial charge in [0, 0.05) is 37.2 Å². The van der Waals surface area contributed by atoms with E-state index in [4.69, 9.17) is 4.74 Å². The number of amides is 1. The zero-order chi connectivity index (χ0) is 16.4. The Morgan fingerprint density at radius 1 is 1.35 bits per heavy atom. The molecule has 1 aromatic carbocycles. The number of hydrogen-bond acceptors (Lipinski definition) is 3. The normalized spacial score (nSPS) is 24.0. The van der Waals surface area contributed by atoms with Gasteiger partial charge in [-0.15, -0.1) is 0 Å². The fourth-order valence-electron chi connectivity index (χ4n) is 3.86. The third-order valence-corrected chi connectivity index (χ3v) is 4.99. The minimum atomic E-state index is 0.269. The van der Waals surface area contributed by atoms with Crippen molar-refractivity contribution in [3.8, 4) is 5.75 Å². The van der Waals surface area contributed by atoms with Crippen molar-refractivity contribution in [3.05, 3.63) is 28.8 Å². The molecule has 2 aliphatic rings. The second kappa shape index (κ2) is 6.91. The molecule has 0 aromatic heterocycles. The van der Waals surface area contributed by atoms with Gasteiger partial charge in [-0.2, -0.15) is 0 Å². The number of carbonyl (C=O) groups excluding carboxylic acids is 1. The highest BCUT2D eigenvalue weighted by molar-refractivity contribution is 5.76. The van der Waals surface area contributed by atoms with Crippen molar-refractivity contribution in [1.29, 1.82) is 0 Å². The first kappa shape index (κ1) is 16.3. The third kappa shape index (κ3) is 3.52. The maximum atomic E-state index is 11.9. The van der Waals surface area contributed by atoms with Crippen LogP contribution in [0.5, 0.6) is 5.75 Å². The summed E-state index contributed by atoms with van der Waals surface area (Å²) in [5.41, 5.74) is 3.80. The lowest BCUT2D eigenvalue weighted by Gasteiger charge is -2.24. The van der Waals surface area contributed by atoms with Crippen LogP contribution in [0, 0.1) is 13.8 Å². The predicted molar refractivity (Wildman–Crippen MR) is 91.8 cm³/mol. The Morgan fingerprint density at radius 3 is 2.96 bits per heavy atom. The van der Waals surface area contributed by atoms with Crippen molar-refractivity contribution in [2.45, 2.75) is 58.5 Å². The van der Waals surface area contributed by atoms with E-state index in [1.807, 2.05) is 11.8 Å². The number of nitrogens with one attached hydrogen (secondary N) is 1. The van der Waals surface area contributed by atoms with Crippen LogP contribution in [0.4, 0.5) is 0 Å². The first-order chi connectivity index (χ1) is 11.1. The lowest BCUT2D eigenvalue weighted by molar-refractivity contribution is -0.129. The molecular formula is C19H28N2O2. The highest BCUT2D eigenvalue weighted by Crippen LogP contribution is 2.35. The van der Waals surface area contributed by atoms with Gasteiger partial charge in [-0.05, 0) is 38.7 Å². The molecule has 0 spiro atoms. The van der Waals surface area contributed by atoms with E-state index in [2.05, 4.69) is 31.3 Å². The number of hydrogen-bond donors (Lipinski definition) is 1. The van der Waals surface area contributed by atoms with Crippen LogP contribution < -0.4 is 10.1 Å². The number of carbonyl (C=O) groups is 1. The fourth-order valence-corrected chi connectivity index (χ4v) is 3.86. The summed E-state index contributed by atoms with van der Waals surface area (Å²) in [5.74, 6) is 1.33. The number of rotatable bonds is 3. The predicted octanol–water partition coefficient (Wildman–Crippen LogP) is 3.12. The molecule has 1 aromatic rings. The molecule has 0 saturated carbocycles. The van der Waals surface area contributed by atoms with Gasteiger partial charge in [-0.25, -0.2) is 0 Å². The Hall–Kier alpha value is -1.55. The first-order valence-electron chi connectivity index (χ1n) is 8.86. The molecule has 0 bridgehead atoms. The van der Waals surface area contributed by atoms with E-state index < -0.39 is 0 Å². The van der Waals surface area contributed by atoms with E-state index >= 15 is 0 Å². The largest absolute Gasteiger partial charge is 0.493 e. The van der Waals surface area contributed by atoms with Crippen molar-refractivity contribution < 1.29 is 9.53 Å². The molecule has 126 valence electrons. The summed E-state index contributed by atoms with van der Waals surface area (Å²) in [7, 11) is 0. The van der Waals surface area contributed by atoms with Crippen LogP contribution in [0.15, 0.2) is 12.1 Å². The van der Waals surface area contributed by atoms with Crippen LogP contribution in [0.1, 0.15) is 55.3 Å². The smallest absolute Gasteiger partial charge is 0.222 e. The standard InChI is InChI=1S/C19H28N2O2/c1-4-18(22)21-8-7-15(12-21)20-17-6-5-9-23-19-14(3)10-13(2)11-16(17)19/h10-11,15,17,20H,4-9,12H2,1-3H3/t15-,17+/m1/s1. The van der Waals surface area contributed by atoms with Crippen LogP contribution in [0.3, 0.4) is 0 Å². The molecule has 1 saturated heterocycles. The second-order valence-corrected chi connectivity index (χ2v) is 6.89. The Balaban J connectivity index is 1.75. The molecule has 0 unspecified atom stereocenters. The number of benzene rings is 1. The topological polar surface area (TPSA) is 41.6 Å².